The van der Waals surface area contributed by atoms with Crippen LogP contribution in [0.15, 0.2) is 30.3 Å². The molecule has 0 spiro atoms. The summed E-state index contributed by atoms with van der Waals surface area (Å²) in [5, 5.41) is 0. The minimum absolute atomic E-state index is 0. The van der Waals surface area contributed by atoms with Crippen molar-refractivity contribution in [2.24, 2.45) is 5.73 Å². The maximum atomic E-state index is 12.7. The van der Waals surface area contributed by atoms with Gasteiger partial charge in [0.15, 0.2) is 0 Å². The van der Waals surface area contributed by atoms with Crippen molar-refractivity contribution in [2.45, 2.75) is 32.5 Å². The second-order valence-electron chi connectivity index (χ2n) is 6.03. The number of benzene rings is 1. The van der Waals surface area contributed by atoms with Gasteiger partial charge < -0.3 is 10.6 Å². The van der Waals surface area contributed by atoms with Gasteiger partial charge in [-0.05, 0) is 25.8 Å². The van der Waals surface area contributed by atoms with Crippen LogP contribution < -0.4 is 5.73 Å². The molecule has 4 nitrogen and oxygen atoms in total. The van der Waals surface area contributed by atoms with E-state index in [0.717, 1.165) is 16.9 Å². The predicted molar refractivity (Wildman–Crippen MR) is 95.8 cm³/mol. The van der Waals surface area contributed by atoms with Crippen LogP contribution >= 0.6 is 12.4 Å². The van der Waals surface area contributed by atoms with Crippen molar-refractivity contribution >= 4 is 18.3 Å². The van der Waals surface area contributed by atoms with Gasteiger partial charge in [0.05, 0.1) is 6.54 Å². The third kappa shape index (κ3) is 9.67. The minimum Gasteiger partial charge on any atom is -0.330 e. The summed E-state index contributed by atoms with van der Waals surface area (Å²) in [6, 6.07) is 9.23. The Balaban J connectivity index is 0.00000576. The number of nitrogens with two attached hydrogens (primary N) is 1. The van der Waals surface area contributed by atoms with Crippen LogP contribution in [0.5, 0.6) is 0 Å². The average molecular weight is 382 g/mol. The second kappa shape index (κ2) is 11.3. The zero-order valence-electron chi connectivity index (χ0n) is 14.6. The molecule has 0 fully saturated rings. The summed E-state index contributed by atoms with van der Waals surface area (Å²) < 4.78 is 38.0. The monoisotopic (exact) mass is 381 g/mol. The van der Waals surface area contributed by atoms with Crippen LogP contribution in [0, 0.1) is 0 Å². The largest absolute Gasteiger partial charge is 0.406 e. The maximum Gasteiger partial charge on any atom is 0.406 e. The Morgan fingerprint density at radius 2 is 1.76 bits per heavy atom. The van der Waals surface area contributed by atoms with Gasteiger partial charge in [-0.2, -0.15) is 13.2 Å². The topological polar surface area (TPSA) is 49.6 Å². The first kappa shape index (κ1) is 23.7. The van der Waals surface area contributed by atoms with Gasteiger partial charge in [0.25, 0.3) is 0 Å². The summed E-state index contributed by atoms with van der Waals surface area (Å²) >= 11 is 0. The summed E-state index contributed by atoms with van der Waals surface area (Å²) in [7, 11) is 0. The number of halogens is 4. The fourth-order valence-corrected chi connectivity index (χ4v) is 2.42. The first-order chi connectivity index (χ1) is 11.2. The molecule has 8 heteroatoms. The molecule has 0 saturated carbocycles. The summed E-state index contributed by atoms with van der Waals surface area (Å²) in [5.74, 6) is -0.524. The molecule has 25 heavy (non-hydrogen) atoms. The lowest BCUT2D eigenvalue weighted by Gasteiger charge is -2.30. The smallest absolute Gasteiger partial charge is 0.330 e. The number of hydrogen-bond donors (Lipinski definition) is 1. The number of carbonyl (C=O) groups excluding carboxylic acids is 1. The van der Waals surface area contributed by atoms with Gasteiger partial charge in [0, 0.05) is 25.7 Å². The SMILES string of the molecule is CC(C)N(CC(F)(F)F)C(=O)CN(CCN)CCc1ccccc1.Cl. The first-order valence-electron chi connectivity index (χ1n) is 8.05. The Kier molecular flexibility index (Phi) is 10.7. The van der Waals surface area contributed by atoms with Gasteiger partial charge in [-0.15, -0.1) is 12.4 Å². The Morgan fingerprint density at radius 3 is 2.24 bits per heavy atom. The molecule has 1 aromatic carbocycles. The van der Waals surface area contributed by atoms with Crippen molar-refractivity contribution in [3.63, 3.8) is 0 Å². The molecule has 0 saturated heterocycles. The summed E-state index contributed by atoms with van der Waals surface area (Å²) in [6.07, 6.45) is -3.68. The van der Waals surface area contributed by atoms with Crippen LogP contribution in [0.4, 0.5) is 13.2 Å². The minimum atomic E-state index is -4.40. The van der Waals surface area contributed by atoms with E-state index in [2.05, 4.69) is 0 Å². The Labute approximate surface area is 153 Å². The zero-order chi connectivity index (χ0) is 18.2. The fraction of sp³-hybridized carbons (Fsp3) is 0.588. The summed E-state index contributed by atoms with van der Waals surface area (Å²) in [6.45, 7) is 3.28. The molecule has 2 N–H and O–H groups in total. The van der Waals surface area contributed by atoms with E-state index in [1.165, 1.54) is 0 Å². The van der Waals surface area contributed by atoms with Crippen LogP contribution in [-0.4, -0.2) is 60.6 Å². The number of nitrogens with zero attached hydrogens (tertiary/aromatic N) is 2. The fourth-order valence-electron chi connectivity index (χ4n) is 2.42. The lowest BCUT2D eigenvalue weighted by atomic mass is 10.1. The van der Waals surface area contributed by atoms with Crippen molar-refractivity contribution in [1.29, 1.82) is 0 Å². The van der Waals surface area contributed by atoms with E-state index in [1.54, 1.807) is 18.7 Å². The molecule has 0 heterocycles. The molecule has 1 rings (SSSR count). The van der Waals surface area contributed by atoms with E-state index in [0.29, 0.717) is 19.6 Å². The van der Waals surface area contributed by atoms with E-state index >= 15 is 0 Å². The Hall–Kier alpha value is -1.31. The third-order valence-electron chi connectivity index (χ3n) is 3.66. The molecule has 0 radical (unpaired) electrons. The molecule has 144 valence electrons. The van der Waals surface area contributed by atoms with Gasteiger partial charge in [0.1, 0.15) is 6.54 Å². The second-order valence-corrected chi connectivity index (χ2v) is 6.03. The number of alkyl halides is 3. The molecule has 0 atom stereocenters. The third-order valence-corrected chi connectivity index (χ3v) is 3.66. The highest BCUT2D eigenvalue weighted by Crippen LogP contribution is 2.18. The standard InChI is InChI=1S/C17H26F3N3O.ClH/c1-14(2)23(13-17(18,19)20)16(24)12-22(11-9-21)10-8-15-6-4-3-5-7-15;/h3-7,14H,8-13,21H2,1-2H3;1H. The van der Waals surface area contributed by atoms with Gasteiger partial charge in [0.2, 0.25) is 5.91 Å². The lowest BCUT2D eigenvalue weighted by molar-refractivity contribution is -0.165. The van der Waals surface area contributed by atoms with Gasteiger partial charge >= 0.3 is 6.18 Å². The predicted octanol–water partition coefficient (Wildman–Crippen LogP) is 2.71. The summed E-state index contributed by atoms with van der Waals surface area (Å²) in [4.78, 5) is 15.0. The molecule has 0 bridgehead atoms. The van der Waals surface area contributed by atoms with E-state index in [9.17, 15) is 18.0 Å². The van der Waals surface area contributed by atoms with E-state index < -0.39 is 24.7 Å². The van der Waals surface area contributed by atoms with Crippen LogP contribution in [0.1, 0.15) is 19.4 Å². The molecule has 0 aromatic heterocycles. The maximum absolute atomic E-state index is 12.7. The number of rotatable bonds is 9. The molecule has 1 amide bonds. The zero-order valence-corrected chi connectivity index (χ0v) is 15.4. The van der Waals surface area contributed by atoms with Crippen molar-refractivity contribution in [3.8, 4) is 0 Å². The Morgan fingerprint density at radius 1 is 1.16 bits per heavy atom. The molecule has 0 aliphatic rings. The Bertz CT molecular complexity index is 498. The molecular formula is C17H27ClF3N3O. The number of amides is 1. The quantitative estimate of drug-likeness (QED) is 0.715. The van der Waals surface area contributed by atoms with Crippen LogP contribution in [0.25, 0.3) is 0 Å². The van der Waals surface area contributed by atoms with Crippen molar-refractivity contribution in [1.82, 2.24) is 9.80 Å². The average Bonchev–Trinajstić information content (AvgIpc) is 2.50. The number of hydrogen-bond acceptors (Lipinski definition) is 3. The molecular weight excluding hydrogens is 355 g/mol. The highest BCUT2D eigenvalue weighted by molar-refractivity contribution is 5.85. The van der Waals surface area contributed by atoms with Crippen molar-refractivity contribution < 1.29 is 18.0 Å². The highest BCUT2D eigenvalue weighted by Gasteiger charge is 2.34. The molecule has 0 unspecified atom stereocenters. The van der Waals surface area contributed by atoms with E-state index in [-0.39, 0.29) is 19.0 Å². The van der Waals surface area contributed by atoms with Gasteiger partial charge in [-0.25, -0.2) is 0 Å². The van der Waals surface area contributed by atoms with E-state index in [4.69, 9.17) is 5.73 Å². The van der Waals surface area contributed by atoms with Gasteiger partial charge in [-0.3, -0.25) is 9.69 Å². The van der Waals surface area contributed by atoms with Gasteiger partial charge in [-0.1, -0.05) is 30.3 Å². The highest BCUT2D eigenvalue weighted by atomic mass is 35.5. The van der Waals surface area contributed by atoms with Crippen LogP contribution in [0.3, 0.4) is 0 Å². The lowest BCUT2D eigenvalue weighted by Crippen LogP contribution is -2.48. The summed E-state index contributed by atoms with van der Waals surface area (Å²) in [5.41, 5.74) is 6.68. The number of carbonyl (C=O) groups is 1. The molecule has 1 aromatic rings. The normalized spacial score (nSPS) is 11.5. The van der Waals surface area contributed by atoms with Crippen LogP contribution in [0.2, 0.25) is 0 Å². The van der Waals surface area contributed by atoms with Crippen molar-refractivity contribution in [3.05, 3.63) is 35.9 Å². The van der Waals surface area contributed by atoms with Crippen molar-refractivity contribution in [2.75, 3.05) is 32.7 Å². The van der Waals surface area contributed by atoms with Crippen LogP contribution in [-0.2, 0) is 11.2 Å². The molecule has 0 aliphatic carbocycles. The first-order valence-corrected chi connectivity index (χ1v) is 8.05. The molecule has 0 aliphatic heterocycles. The van der Waals surface area contributed by atoms with E-state index in [1.807, 2.05) is 30.3 Å².